The van der Waals surface area contributed by atoms with Crippen molar-refractivity contribution < 1.29 is 0 Å². The SMILES string of the molecule is CC1=C\C/C=C(\C)CC/C=C(\C)CC[C@@H](C(C)C)\C(C)=C\1. The molecule has 0 saturated carbocycles. The van der Waals surface area contributed by atoms with Crippen LogP contribution in [0, 0.1) is 11.8 Å². The molecule has 0 unspecified atom stereocenters. The average Bonchev–Trinajstić information content (AvgIpc) is 2.37. The minimum atomic E-state index is 0.705. The zero-order chi connectivity index (χ0) is 15.8. The van der Waals surface area contributed by atoms with Crippen LogP contribution in [-0.2, 0) is 0 Å². The van der Waals surface area contributed by atoms with E-state index in [1.54, 1.807) is 11.1 Å². The Labute approximate surface area is 132 Å². The molecular weight excluding hydrogens is 252 g/mol. The van der Waals surface area contributed by atoms with E-state index >= 15 is 0 Å². The second kappa shape index (κ2) is 9.07. The molecule has 0 heteroatoms. The van der Waals surface area contributed by atoms with Crippen LogP contribution in [0.25, 0.3) is 0 Å². The Hall–Kier alpha value is -1.04. The minimum absolute atomic E-state index is 0.705. The first kappa shape index (κ1) is 18.0. The summed E-state index contributed by atoms with van der Waals surface area (Å²) < 4.78 is 0. The van der Waals surface area contributed by atoms with Gasteiger partial charge in [-0.15, -0.1) is 0 Å². The van der Waals surface area contributed by atoms with Gasteiger partial charge in [0.15, 0.2) is 0 Å². The number of hydrogen-bond acceptors (Lipinski definition) is 0. The standard InChI is InChI=1S/C21H34/c1-16(2)21-14-13-18(4)11-7-9-17(3)10-8-12-19(5)15-20(21)6/h10-12,15-16,21H,7-9,13-14H2,1-6H3/b17-10+,18-11+,19-12+,20-15+/t21-/m0/s1. The summed E-state index contributed by atoms with van der Waals surface area (Å²) in [6.07, 6.45) is 15.6. The molecule has 1 aliphatic carbocycles. The summed E-state index contributed by atoms with van der Waals surface area (Å²) in [5.74, 6) is 1.42. The van der Waals surface area contributed by atoms with Gasteiger partial charge in [0.05, 0.1) is 0 Å². The molecule has 0 N–H and O–H groups in total. The van der Waals surface area contributed by atoms with Crippen molar-refractivity contribution in [2.24, 2.45) is 11.8 Å². The fourth-order valence-electron chi connectivity index (χ4n) is 3.19. The van der Waals surface area contributed by atoms with E-state index in [1.165, 1.54) is 36.8 Å². The van der Waals surface area contributed by atoms with Crippen LogP contribution in [0.4, 0.5) is 0 Å². The van der Waals surface area contributed by atoms with Gasteiger partial charge in [-0.05, 0) is 71.6 Å². The predicted octanol–water partition coefficient (Wildman–Crippen LogP) is 7.01. The topological polar surface area (TPSA) is 0 Å². The smallest absolute Gasteiger partial charge is 0.0161 e. The Morgan fingerprint density at radius 2 is 1.57 bits per heavy atom. The number of hydrogen-bond donors (Lipinski definition) is 0. The van der Waals surface area contributed by atoms with Crippen molar-refractivity contribution in [2.45, 2.75) is 73.6 Å². The van der Waals surface area contributed by atoms with Gasteiger partial charge in [0, 0.05) is 0 Å². The van der Waals surface area contributed by atoms with E-state index < -0.39 is 0 Å². The molecule has 118 valence electrons. The van der Waals surface area contributed by atoms with Crippen LogP contribution in [-0.4, -0.2) is 0 Å². The van der Waals surface area contributed by atoms with Gasteiger partial charge in [0.25, 0.3) is 0 Å². The van der Waals surface area contributed by atoms with E-state index in [0.29, 0.717) is 5.92 Å². The first-order chi connectivity index (χ1) is 9.90. The van der Waals surface area contributed by atoms with Gasteiger partial charge in [-0.1, -0.05) is 60.4 Å². The Morgan fingerprint density at radius 1 is 0.905 bits per heavy atom. The van der Waals surface area contributed by atoms with E-state index in [9.17, 15) is 0 Å². The molecule has 0 spiro atoms. The van der Waals surface area contributed by atoms with Gasteiger partial charge in [-0.3, -0.25) is 0 Å². The third-order valence-corrected chi connectivity index (χ3v) is 4.63. The van der Waals surface area contributed by atoms with Gasteiger partial charge >= 0.3 is 0 Å². The lowest BCUT2D eigenvalue weighted by atomic mass is 9.83. The molecule has 0 saturated heterocycles. The maximum atomic E-state index is 2.45. The lowest BCUT2D eigenvalue weighted by Gasteiger charge is -2.22. The summed E-state index contributed by atoms with van der Waals surface area (Å²) >= 11 is 0. The molecule has 0 aromatic heterocycles. The van der Waals surface area contributed by atoms with E-state index in [4.69, 9.17) is 0 Å². The highest BCUT2D eigenvalue weighted by atomic mass is 14.2. The van der Waals surface area contributed by atoms with Crippen LogP contribution in [0.3, 0.4) is 0 Å². The molecule has 0 heterocycles. The van der Waals surface area contributed by atoms with Crippen molar-refractivity contribution in [3.63, 3.8) is 0 Å². The monoisotopic (exact) mass is 286 g/mol. The maximum absolute atomic E-state index is 2.45. The van der Waals surface area contributed by atoms with E-state index in [-0.39, 0.29) is 0 Å². The van der Waals surface area contributed by atoms with E-state index in [1.807, 2.05) is 0 Å². The van der Waals surface area contributed by atoms with Crippen LogP contribution < -0.4 is 0 Å². The van der Waals surface area contributed by atoms with E-state index in [0.717, 1.165) is 12.3 Å². The molecule has 0 bridgehead atoms. The summed E-state index contributed by atoms with van der Waals surface area (Å²) in [6.45, 7) is 13.8. The first-order valence-corrected chi connectivity index (χ1v) is 8.56. The second-order valence-corrected chi connectivity index (χ2v) is 7.10. The lowest BCUT2D eigenvalue weighted by Crippen LogP contribution is -2.10. The zero-order valence-electron chi connectivity index (χ0n) is 15.0. The molecule has 1 aliphatic rings. The molecular formula is C21H34. The molecule has 0 radical (unpaired) electrons. The molecule has 0 nitrogen and oxygen atoms in total. The Balaban J connectivity index is 2.99. The third kappa shape index (κ3) is 6.98. The van der Waals surface area contributed by atoms with Crippen LogP contribution in [0.5, 0.6) is 0 Å². The van der Waals surface area contributed by atoms with Crippen molar-refractivity contribution in [2.75, 3.05) is 0 Å². The van der Waals surface area contributed by atoms with Gasteiger partial charge in [-0.2, -0.15) is 0 Å². The summed E-state index contributed by atoms with van der Waals surface area (Å²) in [7, 11) is 0. The van der Waals surface area contributed by atoms with Crippen molar-refractivity contribution in [1.29, 1.82) is 0 Å². The van der Waals surface area contributed by atoms with Crippen molar-refractivity contribution in [1.82, 2.24) is 0 Å². The summed E-state index contributed by atoms with van der Waals surface area (Å²) in [4.78, 5) is 0. The van der Waals surface area contributed by atoms with Gasteiger partial charge in [0.2, 0.25) is 0 Å². The van der Waals surface area contributed by atoms with Crippen LogP contribution in [0.2, 0.25) is 0 Å². The highest BCUT2D eigenvalue weighted by molar-refractivity contribution is 5.24. The third-order valence-electron chi connectivity index (χ3n) is 4.63. The van der Waals surface area contributed by atoms with E-state index in [2.05, 4.69) is 65.8 Å². The van der Waals surface area contributed by atoms with Gasteiger partial charge in [-0.25, -0.2) is 0 Å². The average molecular weight is 287 g/mol. The second-order valence-electron chi connectivity index (χ2n) is 7.10. The van der Waals surface area contributed by atoms with Crippen molar-refractivity contribution in [3.8, 4) is 0 Å². The molecule has 1 atom stereocenters. The van der Waals surface area contributed by atoms with Gasteiger partial charge in [0.1, 0.15) is 0 Å². The molecule has 0 aromatic rings. The summed E-state index contributed by atoms with van der Waals surface area (Å²) in [6, 6.07) is 0. The molecule has 0 amide bonds. The summed E-state index contributed by atoms with van der Waals surface area (Å²) in [5.41, 5.74) is 6.03. The zero-order valence-corrected chi connectivity index (χ0v) is 15.0. The molecule has 1 rings (SSSR count). The first-order valence-electron chi connectivity index (χ1n) is 8.56. The minimum Gasteiger partial charge on any atom is -0.0853 e. The highest BCUT2D eigenvalue weighted by Crippen LogP contribution is 2.28. The maximum Gasteiger partial charge on any atom is -0.0161 e. The fraction of sp³-hybridized carbons (Fsp3) is 0.619. The van der Waals surface area contributed by atoms with Crippen LogP contribution in [0.1, 0.15) is 73.6 Å². The molecule has 0 aromatic carbocycles. The molecule has 0 fully saturated rings. The van der Waals surface area contributed by atoms with Crippen LogP contribution >= 0.6 is 0 Å². The Morgan fingerprint density at radius 3 is 2.24 bits per heavy atom. The number of allylic oxidation sites excluding steroid dienone is 8. The van der Waals surface area contributed by atoms with Crippen molar-refractivity contribution >= 4 is 0 Å². The largest absolute Gasteiger partial charge is 0.0853 e. The quantitative estimate of drug-likeness (QED) is 0.455. The van der Waals surface area contributed by atoms with Gasteiger partial charge < -0.3 is 0 Å². The van der Waals surface area contributed by atoms with Crippen molar-refractivity contribution in [3.05, 3.63) is 46.6 Å². The fourth-order valence-corrected chi connectivity index (χ4v) is 3.19. The van der Waals surface area contributed by atoms with Crippen LogP contribution in [0.15, 0.2) is 46.6 Å². The Kier molecular flexibility index (Phi) is 7.78. The highest BCUT2D eigenvalue weighted by Gasteiger charge is 2.15. The molecule has 21 heavy (non-hydrogen) atoms. The summed E-state index contributed by atoms with van der Waals surface area (Å²) in [5, 5.41) is 0. The lowest BCUT2D eigenvalue weighted by molar-refractivity contribution is 0.414. The Bertz CT molecular complexity index is 441. The molecule has 0 aliphatic heterocycles. The normalized spacial score (nSPS) is 32.8. The number of rotatable bonds is 1. The predicted molar refractivity (Wildman–Crippen MR) is 96.4 cm³/mol.